The predicted octanol–water partition coefficient (Wildman–Crippen LogP) is 3.33. The van der Waals surface area contributed by atoms with Crippen molar-refractivity contribution >= 4 is 5.69 Å². The summed E-state index contributed by atoms with van der Waals surface area (Å²) in [4.78, 5) is 0. The van der Waals surface area contributed by atoms with E-state index in [1.54, 1.807) is 0 Å². The van der Waals surface area contributed by atoms with E-state index in [1.165, 1.54) is 18.6 Å². The van der Waals surface area contributed by atoms with Crippen LogP contribution in [0.2, 0.25) is 0 Å². The lowest BCUT2D eigenvalue weighted by molar-refractivity contribution is -0.0424. The van der Waals surface area contributed by atoms with Gasteiger partial charge in [-0.05, 0) is 30.9 Å². The van der Waals surface area contributed by atoms with Gasteiger partial charge in [-0.25, -0.2) is 8.78 Å². The van der Waals surface area contributed by atoms with Crippen LogP contribution < -0.4 is 5.32 Å². The zero-order chi connectivity index (χ0) is 15.2. The number of hydrogen-bond acceptors (Lipinski definition) is 3. The molecule has 2 N–H and O–H groups in total. The summed E-state index contributed by atoms with van der Waals surface area (Å²) in [6.07, 6.45) is 4.04. The van der Waals surface area contributed by atoms with E-state index in [-0.39, 0.29) is 24.9 Å². The number of aliphatic hydroxyl groups is 1. The van der Waals surface area contributed by atoms with Crippen molar-refractivity contribution < 1.29 is 18.6 Å². The number of ether oxygens (including phenoxy) is 1. The van der Waals surface area contributed by atoms with E-state index in [0.717, 1.165) is 25.3 Å². The monoisotopic (exact) mass is 299 g/mol. The minimum Gasteiger partial charge on any atom is -0.389 e. The molecule has 0 aromatic heterocycles. The first-order valence-electron chi connectivity index (χ1n) is 7.55. The molecule has 3 unspecified atom stereocenters. The molecular weight excluding hydrogens is 276 g/mol. The Balaban J connectivity index is 1.74. The number of benzene rings is 1. The van der Waals surface area contributed by atoms with E-state index in [9.17, 15) is 13.9 Å². The Kier molecular flexibility index (Phi) is 5.94. The van der Waals surface area contributed by atoms with Crippen LogP contribution in [0.5, 0.6) is 0 Å². The lowest BCUT2D eigenvalue weighted by Gasteiger charge is -2.29. The highest BCUT2D eigenvalue weighted by Crippen LogP contribution is 2.26. The molecular formula is C16H23F2NO2. The molecule has 0 amide bonds. The normalized spacial score (nSPS) is 23.8. The second-order valence-electron chi connectivity index (χ2n) is 5.77. The van der Waals surface area contributed by atoms with Crippen molar-refractivity contribution in [3.8, 4) is 0 Å². The molecule has 3 nitrogen and oxygen atoms in total. The summed E-state index contributed by atoms with van der Waals surface area (Å²) < 4.78 is 32.2. The molecule has 21 heavy (non-hydrogen) atoms. The number of halogens is 2. The molecule has 1 fully saturated rings. The molecule has 0 saturated heterocycles. The fourth-order valence-corrected chi connectivity index (χ4v) is 2.69. The summed E-state index contributed by atoms with van der Waals surface area (Å²) in [5, 5.41) is 12.6. The van der Waals surface area contributed by atoms with Crippen LogP contribution in [0.3, 0.4) is 0 Å². The average Bonchev–Trinajstić information content (AvgIpc) is 2.48. The molecule has 3 atom stereocenters. The topological polar surface area (TPSA) is 41.5 Å². The van der Waals surface area contributed by atoms with E-state index in [4.69, 9.17) is 4.74 Å². The van der Waals surface area contributed by atoms with Crippen LogP contribution in [0.1, 0.15) is 32.6 Å². The van der Waals surface area contributed by atoms with Gasteiger partial charge < -0.3 is 15.2 Å². The highest BCUT2D eigenvalue weighted by Gasteiger charge is 2.22. The molecule has 1 aromatic carbocycles. The maximum absolute atomic E-state index is 13.4. The molecule has 1 aliphatic carbocycles. The van der Waals surface area contributed by atoms with Gasteiger partial charge in [-0.2, -0.15) is 0 Å². The van der Waals surface area contributed by atoms with Gasteiger partial charge in [0.15, 0.2) is 11.6 Å². The molecule has 1 aromatic rings. The second kappa shape index (κ2) is 7.71. The van der Waals surface area contributed by atoms with Crippen LogP contribution in [-0.4, -0.2) is 30.5 Å². The van der Waals surface area contributed by atoms with Crippen LogP contribution in [0, 0.1) is 17.6 Å². The molecule has 2 rings (SSSR count). The third-order valence-corrected chi connectivity index (χ3v) is 4.02. The van der Waals surface area contributed by atoms with E-state index < -0.39 is 17.7 Å². The third kappa shape index (κ3) is 4.64. The third-order valence-electron chi connectivity index (χ3n) is 4.02. The molecule has 0 heterocycles. The highest BCUT2D eigenvalue weighted by atomic mass is 19.2. The number of aliphatic hydroxyl groups excluding tert-OH is 1. The van der Waals surface area contributed by atoms with Crippen molar-refractivity contribution in [1.29, 1.82) is 0 Å². The van der Waals surface area contributed by atoms with Gasteiger partial charge in [0.25, 0.3) is 0 Å². The van der Waals surface area contributed by atoms with Gasteiger partial charge in [0.2, 0.25) is 0 Å². The van der Waals surface area contributed by atoms with Gasteiger partial charge in [0, 0.05) is 6.54 Å². The fourth-order valence-electron chi connectivity index (χ4n) is 2.69. The Morgan fingerprint density at radius 1 is 1.33 bits per heavy atom. The molecule has 0 bridgehead atoms. The van der Waals surface area contributed by atoms with Crippen molar-refractivity contribution in [3.63, 3.8) is 0 Å². The van der Waals surface area contributed by atoms with Gasteiger partial charge in [-0.1, -0.05) is 25.8 Å². The van der Waals surface area contributed by atoms with Gasteiger partial charge in [-0.15, -0.1) is 0 Å². The summed E-state index contributed by atoms with van der Waals surface area (Å²) in [7, 11) is 0. The largest absolute Gasteiger partial charge is 0.389 e. The minimum atomic E-state index is -0.925. The summed E-state index contributed by atoms with van der Waals surface area (Å²) in [6.45, 7) is 2.50. The SMILES string of the molecule is CC1CCCCC1OCC(O)CNc1cccc(F)c1F. The Hall–Kier alpha value is -1.20. The molecule has 1 aliphatic rings. The zero-order valence-corrected chi connectivity index (χ0v) is 12.3. The minimum absolute atomic E-state index is 0.0556. The molecule has 118 valence electrons. The highest BCUT2D eigenvalue weighted by molar-refractivity contribution is 5.44. The molecule has 1 saturated carbocycles. The summed E-state index contributed by atoms with van der Waals surface area (Å²) in [5.74, 6) is -1.31. The fraction of sp³-hybridized carbons (Fsp3) is 0.625. The van der Waals surface area contributed by atoms with Crippen LogP contribution in [0.25, 0.3) is 0 Å². The van der Waals surface area contributed by atoms with Gasteiger partial charge in [-0.3, -0.25) is 0 Å². The van der Waals surface area contributed by atoms with Gasteiger partial charge in [0.05, 0.1) is 24.5 Å². The first kappa shape index (κ1) is 16.2. The van der Waals surface area contributed by atoms with Crippen molar-refractivity contribution in [2.75, 3.05) is 18.5 Å². The van der Waals surface area contributed by atoms with Crippen molar-refractivity contribution in [2.45, 2.75) is 44.8 Å². The van der Waals surface area contributed by atoms with E-state index in [0.29, 0.717) is 5.92 Å². The summed E-state index contributed by atoms with van der Waals surface area (Å²) in [6, 6.07) is 3.92. The standard InChI is InChI=1S/C16H23F2NO2/c1-11-5-2-3-8-15(11)21-10-12(20)9-19-14-7-4-6-13(17)16(14)18/h4,6-7,11-12,15,19-20H,2-3,5,8-10H2,1H3. The van der Waals surface area contributed by atoms with Crippen molar-refractivity contribution in [3.05, 3.63) is 29.8 Å². The van der Waals surface area contributed by atoms with E-state index >= 15 is 0 Å². The Morgan fingerprint density at radius 3 is 2.86 bits per heavy atom. The second-order valence-corrected chi connectivity index (χ2v) is 5.77. The predicted molar refractivity (Wildman–Crippen MR) is 78.2 cm³/mol. The van der Waals surface area contributed by atoms with Crippen LogP contribution in [0.4, 0.5) is 14.5 Å². The average molecular weight is 299 g/mol. The maximum atomic E-state index is 13.4. The first-order chi connectivity index (χ1) is 10.1. The molecule has 5 heteroatoms. The number of hydrogen-bond donors (Lipinski definition) is 2. The van der Waals surface area contributed by atoms with Crippen LogP contribution >= 0.6 is 0 Å². The quantitative estimate of drug-likeness (QED) is 0.846. The van der Waals surface area contributed by atoms with Crippen LogP contribution in [0.15, 0.2) is 18.2 Å². The molecule has 0 aliphatic heterocycles. The summed E-state index contributed by atoms with van der Waals surface area (Å²) in [5.41, 5.74) is 0.0556. The lowest BCUT2D eigenvalue weighted by Crippen LogP contribution is -2.32. The van der Waals surface area contributed by atoms with Crippen LogP contribution in [-0.2, 0) is 4.74 Å². The number of anilines is 1. The lowest BCUT2D eigenvalue weighted by atomic mass is 9.88. The Morgan fingerprint density at radius 2 is 2.10 bits per heavy atom. The van der Waals surface area contributed by atoms with Crippen molar-refractivity contribution in [2.24, 2.45) is 5.92 Å². The zero-order valence-electron chi connectivity index (χ0n) is 12.3. The maximum Gasteiger partial charge on any atom is 0.181 e. The molecule has 0 radical (unpaired) electrons. The molecule has 0 spiro atoms. The van der Waals surface area contributed by atoms with E-state index in [2.05, 4.69) is 12.2 Å². The smallest absolute Gasteiger partial charge is 0.181 e. The van der Waals surface area contributed by atoms with Gasteiger partial charge in [0.1, 0.15) is 0 Å². The first-order valence-corrected chi connectivity index (χ1v) is 7.55. The number of nitrogens with one attached hydrogen (secondary N) is 1. The Bertz CT molecular complexity index is 456. The van der Waals surface area contributed by atoms with Gasteiger partial charge >= 0.3 is 0 Å². The Labute approximate surface area is 124 Å². The number of rotatable bonds is 6. The summed E-state index contributed by atoms with van der Waals surface area (Å²) >= 11 is 0. The van der Waals surface area contributed by atoms with E-state index in [1.807, 2.05) is 0 Å². The van der Waals surface area contributed by atoms with Crippen molar-refractivity contribution in [1.82, 2.24) is 0 Å².